The zero-order valence-electron chi connectivity index (χ0n) is 10.3. The van der Waals surface area contributed by atoms with Crippen molar-refractivity contribution in [2.45, 2.75) is 33.2 Å². The van der Waals surface area contributed by atoms with Crippen LogP contribution >= 0.6 is 0 Å². The van der Waals surface area contributed by atoms with Crippen LogP contribution in [0.3, 0.4) is 0 Å². The molecular weight excluding hydrogens is 216 g/mol. The second kappa shape index (κ2) is 4.57. The van der Waals surface area contributed by atoms with Crippen LogP contribution in [0.2, 0.25) is 0 Å². The molecule has 0 spiro atoms. The molecule has 0 radical (unpaired) electrons. The monoisotopic (exact) mass is 232 g/mol. The Morgan fingerprint density at radius 2 is 2.29 bits per heavy atom. The maximum absolute atomic E-state index is 11.9. The first-order chi connectivity index (χ1) is 8.10. The molecule has 1 atom stereocenters. The average molecular weight is 232 g/mol. The van der Waals surface area contributed by atoms with Crippen molar-refractivity contribution < 1.29 is 9.21 Å². The highest BCUT2D eigenvalue weighted by atomic mass is 16.3. The second-order valence-electron chi connectivity index (χ2n) is 4.20. The Balaban J connectivity index is 2.26. The summed E-state index contributed by atoms with van der Waals surface area (Å²) in [5.74, 6) is 0.543. The lowest BCUT2D eigenvalue weighted by molar-refractivity contribution is 0.0939. The van der Waals surface area contributed by atoms with Gasteiger partial charge < -0.3 is 9.73 Å². The van der Waals surface area contributed by atoms with Gasteiger partial charge in [0.1, 0.15) is 5.52 Å². The fraction of sp³-hybridized carbons (Fsp3) is 0.385. The highest BCUT2D eigenvalue weighted by molar-refractivity contribution is 5.97. The number of hydrogen-bond acceptors (Lipinski definition) is 3. The molecule has 0 saturated carbocycles. The molecule has 4 nitrogen and oxygen atoms in total. The lowest BCUT2D eigenvalue weighted by atomic mass is 10.1. The van der Waals surface area contributed by atoms with Crippen LogP contribution in [0.4, 0.5) is 0 Å². The van der Waals surface area contributed by atoms with E-state index in [0.29, 0.717) is 17.0 Å². The third-order valence-electron chi connectivity index (χ3n) is 2.75. The summed E-state index contributed by atoms with van der Waals surface area (Å²) in [5, 5.41) is 2.92. The molecule has 0 aliphatic carbocycles. The molecule has 1 unspecified atom stereocenters. The van der Waals surface area contributed by atoms with Gasteiger partial charge in [0.25, 0.3) is 5.91 Å². The van der Waals surface area contributed by atoms with E-state index in [-0.39, 0.29) is 11.9 Å². The molecule has 0 saturated heterocycles. The third kappa shape index (κ3) is 2.46. The number of aryl methyl sites for hydroxylation is 1. The molecule has 2 aromatic rings. The van der Waals surface area contributed by atoms with Gasteiger partial charge in [-0.25, -0.2) is 4.98 Å². The van der Waals surface area contributed by atoms with Gasteiger partial charge >= 0.3 is 0 Å². The van der Waals surface area contributed by atoms with Crippen molar-refractivity contribution in [1.82, 2.24) is 10.3 Å². The first-order valence-electron chi connectivity index (χ1n) is 5.78. The smallest absolute Gasteiger partial charge is 0.251 e. The van der Waals surface area contributed by atoms with Crippen LogP contribution in [0.15, 0.2) is 22.6 Å². The molecule has 2 rings (SSSR count). The number of fused-ring (bicyclic) bond motifs is 1. The number of nitrogens with one attached hydrogen (secondary N) is 1. The molecule has 1 aromatic carbocycles. The van der Waals surface area contributed by atoms with Crippen LogP contribution in [-0.4, -0.2) is 16.9 Å². The lowest BCUT2D eigenvalue weighted by Crippen LogP contribution is -2.31. The van der Waals surface area contributed by atoms with Crippen LogP contribution in [0.1, 0.15) is 36.5 Å². The molecule has 1 amide bonds. The third-order valence-corrected chi connectivity index (χ3v) is 2.75. The van der Waals surface area contributed by atoms with E-state index in [0.717, 1.165) is 11.9 Å². The standard InChI is InChI=1S/C13H16N2O2/c1-4-8(2)14-13(16)10-5-6-12-11(7-10)15-9(3)17-12/h5-8H,4H2,1-3H3,(H,14,16). The Morgan fingerprint density at radius 3 is 3.00 bits per heavy atom. The predicted octanol–water partition coefficient (Wildman–Crippen LogP) is 2.66. The van der Waals surface area contributed by atoms with Crippen molar-refractivity contribution in [3.05, 3.63) is 29.7 Å². The van der Waals surface area contributed by atoms with E-state index in [1.165, 1.54) is 0 Å². The molecule has 0 aliphatic rings. The fourth-order valence-corrected chi connectivity index (χ4v) is 1.59. The second-order valence-corrected chi connectivity index (χ2v) is 4.20. The van der Waals surface area contributed by atoms with Crippen molar-refractivity contribution in [2.75, 3.05) is 0 Å². The van der Waals surface area contributed by atoms with Gasteiger partial charge in [0.15, 0.2) is 11.5 Å². The lowest BCUT2D eigenvalue weighted by Gasteiger charge is -2.10. The maximum atomic E-state index is 11.9. The Hall–Kier alpha value is -1.84. The van der Waals surface area contributed by atoms with Gasteiger partial charge in [-0.3, -0.25) is 4.79 Å². The summed E-state index contributed by atoms with van der Waals surface area (Å²) in [5.41, 5.74) is 2.05. The molecule has 1 heterocycles. The summed E-state index contributed by atoms with van der Waals surface area (Å²) in [6, 6.07) is 5.46. The molecular formula is C13H16N2O2. The zero-order chi connectivity index (χ0) is 12.4. The van der Waals surface area contributed by atoms with E-state index in [9.17, 15) is 4.79 Å². The normalized spacial score (nSPS) is 12.6. The van der Waals surface area contributed by atoms with Crippen LogP contribution in [0.25, 0.3) is 11.1 Å². The molecule has 0 fully saturated rings. The van der Waals surface area contributed by atoms with Gasteiger partial charge in [-0.2, -0.15) is 0 Å². The highest BCUT2D eigenvalue weighted by Gasteiger charge is 2.10. The largest absolute Gasteiger partial charge is 0.441 e. The fourth-order valence-electron chi connectivity index (χ4n) is 1.59. The molecule has 1 N–H and O–H groups in total. The number of benzene rings is 1. The minimum atomic E-state index is -0.0677. The number of carbonyl (C=O) groups is 1. The number of aromatic nitrogens is 1. The highest BCUT2D eigenvalue weighted by Crippen LogP contribution is 2.16. The number of amides is 1. The van der Waals surface area contributed by atoms with E-state index >= 15 is 0 Å². The quantitative estimate of drug-likeness (QED) is 0.885. The van der Waals surface area contributed by atoms with E-state index in [1.807, 2.05) is 13.8 Å². The number of carbonyl (C=O) groups excluding carboxylic acids is 1. The summed E-state index contributed by atoms with van der Waals surface area (Å²) in [7, 11) is 0. The van der Waals surface area contributed by atoms with Crippen LogP contribution in [0, 0.1) is 6.92 Å². The minimum Gasteiger partial charge on any atom is -0.441 e. The summed E-state index contributed by atoms with van der Waals surface area (Å²) >= 11 is 0. The van der Waals surface area contributed by atoms with Crippen molar-refractivity contribution in [3.63, 3.8) is 0 Å². The summed E-state index contributed by atoms with van der Waals surface area (Å²) in [4.78, 5) is 16.1. The van der Waals surface area contributed by atoms with Crippen molar-refractivity contribution in [1.29, 1.82) is 0 Å². The molecule has 17 heavy (non-hydrogen) atoms. The summed E-state index contributed by atoms with van der Waals surface area (Å²) < 4.78 is 5.36. The Kier molecular flexibility index (Phi) is 3.13. The number of oxazole rings is 1. The number of nitrogens with zero attached hydrogens (tertiary/aromatic N) is 1. The van der Waals surface area contributed by atoms with Gasteiger partial charge in [0, 0.05) is 18.5 Å². The van der Waals surface area contributed by atoms with Crippen LogP contribution in [0.5, 0.6) is 0 Å². The first kappa shape index (κ1) is 11.6. The van der Waals surface area contributed by atoms with Gasteiger partial charge in [-0.05, 0) is 31.5 Å². The van der Waals surface area contributed by atoms with Gasteiger partial charge in [-0.1, -0.05) is 6.92 Å². The predicted molar refractivity (Wildman–Crippen MR) is 66.0 cm³/mol. The SMILES string of the molecule is CCC(C)NC(=O)c1ccc2oc(C)nc2c1. The van der Waals surface area contributed by atoms with Gasteiger partial charge in [-0.15, -0.1) is 0 Å². The molecule has 4 heteroatoms. The first-order valence-corrected chi connectivity index (χ1v) is 5.78. The van der Waals surface area contributed by atoms with E-state index in [4.69, 9.17) is 4.42 Å². The zero-order valence-corrected chi connectivity index (χ0v) is 10.3. The molecule has 90 valence electrons. The molecule has 1 aromatic heterocycles. The van der Waals surface area contributed by atoms with Crippen molar-refractivity contribution >= 4 is 17.0 Å². The molecule has 0 aliphatic heterocycles. The van der Waals surface area contributed by atoms with Crippen LogP contribution < -0.4 is 5.32 Å². The van der Waals surface area contributed by atoms with Gasteiger partial charge in [0.05, 0.1) is 0 Å². The topological polar surface area (TPSA) is 55.1 Å². The minimum absolute atomic E-state index is 0.0677. The average Bonchev–Trinajstić information content (AvgIpc) is 2.67. The summed E-state index contributed by atoms with van der Waals surface area (Å²) in [6.45, 7) is 5.81. The van der Waals surface area contributed by atoms with Gasteiger partial charge in [0.2, 0.25) is 0 Å². The Morgan fingerprint density at radius 1 is 1.53 bits per heavy atom. The van der Waals surface area contributed by atoms with Crippen LogP contribution in [-0.2, 0) is 0 Å². The maximum Gasteiger partial charge on any atom is 0.251 e. The number of rotatable bonds is 3. The Bertz CT molecular complexity index is 545. The van der Waals surface area contributed by atoms with E-state index < -0.39 is 0 Å². The number of hydrogen-bond donors (Lipinski definition) is 1. The van der Waals surface area contributed by atoms with E-state index in [2.05, 4.69) is 10.3 Å². The van der Waals surface area contributed by atoms with E-state index in [1.54, 1.807) is 25.1 Å². The Labute approximate surface area is 100 Å². The molecule has 0 bridgehead atoms. The summed E-state index contributed by atoms with van der Waals surface area (Å²) in [6.07, 6.45) is 0.914. The van der Waals surface area contributed by atoms with Crippen molar-refractivity contribution in [2.24, 2.45) is 0 Å². The van der Waals surface area contributed by atoms with Crippen molar-refractivity contribution in [3.8, 4) is 0 Å².